The van der Waals surface area contributed by atoms with Gasteiger partial charge in [0.15, 0.2) is 12.6 Å². The summed E-state index contributed by atoms with van der Waals surface area (Å²) >= 11 is 0. The second kappa shape index (κ2) is 6.80. The third-order valence-electron chi connectivity index (χ3n) is 3.04. The van der Waals surface area contributed by atoms with E-state index in [2.05, 4.69) is 0 Å². The first-order valence-corrected chi connectivity index (χ1v) is 5.92. The first kappa shape index (κ1) is 15.8. The Labute approximate surface area is 109 Å². The Morgan fingerprint density at radius 1 is 0.842 bits per heavy atom. The number of hydrogen-bond acceptors (Lipinski definition) is 8. The van der Waals surface area contributed by atoms with E-state index < -0.39 is 43.1 Å². The molecule has 8 heteroatoms. The van der Waals surface area contributed by atoms with Crippen LogP contribution in [0.5, 0.6) is 0 Å². The zero-order valence-electron chi connectivity index (χ0n) is 10.3. The van der Waals surface area contributed by atoms with Crippen LogP contribution in [-0.2, 0) is 19.1 Å². The second-order valence-corrected chi connectivity index (χ2v) is 4.51. The molecule has 0 aromatic carbocycles. The van der Waals surface area contributed by atoms with Crippen LogP contribution >= 0.6 is 0 Å². The van der Waals surface area contributed by atoms with Gasteiger partial charge >= 0.3 is 11.9 Å². The summed E-state index contributed by atoms with van der Waals surface area (Å²) in [6, 6.07) is 0. The van der Waals surface area contributed by atoms with E-state index in [1.807, 2.05) is 0 Å². The predicted molar refractivity (Wildman–Crippen MR) is 59.3 cm³/mol. The number of cyclic esters (lactones) is 2. The van der Waals surface area contributed by atoms with Crippen molar-refractivity contribution in [3.63, 3.8) is 0 Å². The molecule has 0 aromatic heterocycles. The van der Waals surface area contributed by atoms with Crippen LogP contribution in [0.4, 0.5) is 0 Å². The summed E-state index contributed by atoms with van der Waals surface area (Å²) in [5, 5.41) is 37.1. The van der Waals surface area contributed by atoms with Crippen molar-refractivity contribution in [3.05, 3.63) is 0 Å². The van der Waals surface area contributed by atoms with Crippen molar-refractivity contribution in [1.29, 1.82) is 0 Å². The number of carbonyl (C=O) groups excluding carboxylic acids is 2. The third-order valence-corrected chi connectivity index (χ3v) is 3.04. The topological polar surface area (TPSA) is 134 Å². The molecule has 4 N–H and O–H groups in total. The Morgan fingerprint density at radius 2 is 1.21 bits per heavy atom. The van der Waals surface area contributed by atoms with Gasteiger partial charge < -0.3 is 29.9 Å². The van der Waals surface area contributed by atoms with Crippen molar-refractivity contribution >= 4 is 11.9 Å². The van der Waals surface area contributed by atoms with Crippen LogP contribution in [0, 0.1) is 5.41 Å². The van der Waals surface area contributed by atoms with Gasteiger partial charge in [-0.15, -0.1) is 0 Å². The monoisotopic (exact) mass is 278 g/mol. The number of aliphatic hydroxyl groups is 4. The van der Waals surface area contributed by atoms with E-state index in [1.54, 1.807) is 0 Å². The van der Waals surface area contributed by atoms with E-state index in [4.69, 9.17) is 9.47 Å². The van der Waals surface area contributed by atoms with Crippen molar-refractivity contribution in [2.24, 2.45) is 5.41 Å². The van der Waals surface area contributed by atoms with Gasteiger partial charge in [0.1, 0.15) is 18.6 Å². The molecule has 1 aliphatic heterocycles. The van der Waals surface area contributed by atoms with Gasteiger partial charge in [-0.2, -0.15) is 0 Å². The lowest BCUT2D eigenvalue weighted by atomic mass is 9.88. The van der Waals surface area contributed by atoms with Crippen molar-refractivity contribution in [3.8, 4) is 0 Å². The maximum absolute atomic E-state index is 11.4. The van der Waals surface area contributed by atoms with Gasteiger partial charge in [-0.25, -0.2) is 0 Å². The lowest BCUT2D eigenvalue weighted by molar-refractivity contribution is -0.264. The van der Waals surface area contributed by atoms with E-state index in [1.165, 1.54) is 0 Å². The minimum absolute atomic E-state index is 0.0619. The molecule has 0 amide bonds. The molecule has 1 rings (SSSR count). The summed E-state index contributed by atoms with van der Waals surface area (Å²) in [4.78, 5) is 22.7. The van der Waals surface area contributed by atoms with Gasteiger partial charge in [0.25, 0.3) is 0 Å². The molecule has 110 valence electrons. The zero-order valence-corrected chi connectivity index (χ0v) is 10.3. The van der Waals surface area contributed by atoms with Gasteiger partial charge in [0, 0.05) is 12.8 Å². The molecule has 0 bridgehead atoms. The molecule has 19 heavy (non-hydrogen) atoms. The molecule has 0 saturated carbocycles. The number of aliphatic hydroxyl groups excluding tert-OH is 2. The second-order valence-electron chi connectivity index (χ2n) is 4.51. The highest BCUT2D eigenvalue weighted by molar-refractivity contribution is 5.71. The number of rotatable bonds is 2. The molecule has 1 heterocycles. The fourth-order valence-electron chi connectivity index (χ4n) is 1.59. The van der Waals surface area contributed by atoms with Gasteiger partial charge in [-0.3, -0.25) is 9.59 Å². The number of carbonyl (C=O) groups is 2. The SMILES string of the molecule is O=C1CCCCC(=O)OCC(C(O)O)(C(O)O)CO1. The summed E-state index contributed by atoms with van der Waals surface area (Å²) in [5.41, 5.74) is -2.07. The maximum Gasteiger partial charge on any atom is 0.305 e. The average molecular weight is 278 g/mol. The Morgan fingerprint density at radius 3 is 1.53 bits per heavy atom. The average Bonchev–Trinajstić information content (AvgIpc) is 2.36. The Hall–Kier alpha value is -1.22. The molecule has 1 aliphatic rings. The lowest BCUT2D eigenvalue weighted by Crippen LogP contribution is -2.52. The Bertz CT molecular complexity index is 293. The predicted octanol–water partition coefficient (Wildman–Crippen LogP) is -1.75. The minimum atomic E-state index is -2.23. The van der Waals surface area contributed by atoms with Crippen LogP contribution in [0.25, 0.3) is 0 Å². The zero-order chi connectivity index (χ0) is 14.5. The fraction of sp³-hybridized carbons (Fsp3) is 0.818. The molecule has 0 radical (unpaired) electrons. The largest absolute Gasteiger partial charge is 0.465 e. The van der Waals surface area contributed by atoms with E-state index >= 15 is 0 Å². The molecular weight excluding hydrogens is 260 g/mol. The van der Waals surface area contributed by atoms with E-state index in [0.717, 1.165) is 0 Å². The van der Waals surface area contributed by atoms with Crippen molar-refractivity contribution in [2.75, 3.05) is 13.2 Å². The number of esters is 2. The summed E-state index contributed by atoms with van der Waals surface area (Å²) in [7, 11) is 0. The van der Waals surface area contributed by atoms with Gasteiger partial charge in [-0.1, -0.05) is 0 Å². The first-order valence-electron chi connectivity index (χ1n) is 5.92. The molecule has 8 nitrogen and oxygen atoms in total. The lowest BCUT2D eigenvalue weighted by Gasteiger charge is -2.35. The smallest absolute Gasteiger partial charge is 0.305 e. The van der Waals surface area contributed by atoms with Crippen LogP contribution < -0.4 is 0 Å². The normalized spacial score (nSPS) is 21.8. The number of hydrogen-bond donors (Lipinski definition) is 4. The van der Waals surface area contributed by atoms with Crippen LogP contribution in [-0.4, -0.2) is 58.2 Å². The maximum atomic E-state index is 11.4. The van der Waals surface area contributed by atoms with Gasteiger partial charge in [0.2, 0.25) is 0 Å². The van der Waals surface area contributed by atoms with Crippen LogP contribution in [0.3, 0.4) is 0 Å². The molecule has 0 aliphatic carbocycles. The number of ether oxygens (including phenoxy) is 2. The minimum Gasteiger partial charge on any atom is -0.465 e. The molecule has 0 atom stereocenters. The quantitative estimate of drug-likeness (QED) is 0.345. The van der Waals surface area contributed by atoms with E-state index in [-0.39, 0.29) is 12.8 Å². The van der Waals surface area contributed by atoms with Crippen molar-refractivity contribution in [1.82, 2.24) is 0 Å². The van der Waals surface area contributed by atoms with Crippen molar-refractivity contribution in [2.45, 2.75) is 38.3 Å². The highest BCUT2D eigenvalue weighted by Crippen LogP contribution is 2.27. The Kier molecular flexibility index (Phi) is 5.67. The molecule has 0 spiro atoms. The molecule has 0 aromatic rings. The first-order chi connectivity index (χ1) is 8.88. The summed E-state index contributed by atoms with van der Waals surface area (Å²) < 4.78 is 9.56. The molecule has 0 unspecified atom stereocenters. The van der Waals surface area contributed by atoms with Gasteiger partial charge in [-0.05, 0) is 12.8 Å². The van der Waals surface area contributed by atoms with E-state index in [9.17, 15) is 30.0 Å². The third kappa shape index (κ3) is 4.13. The van der Waals surface area contributed by atoms with Crippen LogP contribution in [0.15, 0.2) is 0 Å². The standard InChI is InChI=1S/C11H18O8/c12-7-3-1-2-4-8(13)19-6-11(5-18-7,9(14)15)10(16)17/h9-10,14-17H,1-6H2. The fourth-order valence-corrected chi connectivity index (χ4v) is 1.59. The summed E-state index contributed by atoms with van der Waals surface area (Å²) in [6.45, 7) is -1.34. The summed E-state index contributed by atoms with van der Waals surface area (Å²) in [5.74, 6) is -1.22. The van der Waals surface area contributed by atoms with Crippen LogP contribution in [0.1, 0.15) is 25.7 Å². The highest BCUT2D eigenvalue weighted by Gasteiger charge is 2.47. The molecule has 1 fully saturated rings. The van der Waals surface area contributed by atoms with Crippen LogP contribution in [0.2, 0.25) is 0 Å². The summed E-state index contributed by atoms with van der Waals surface area (Å²) in [6.07, 6.45) is -3.46. The molecule has 1 saturated heterocycles. The molecular formula is C11H18O8. The van der Waals surface area contributed by atoms with E-state index in [0.29, 0.717) is 12.8 Å². The Balaban J connectivity index is 2.89. The highest BCUT2D eigenvalue weighted by atomic mass is 16.6. The van der Waals surface area contributed by atoms with Gasteiger partial charge in [0.05, 0.1) is 0 Å². The van der Waals surface area contributed by atoms with Crippen molar-refractivity contribution < 1.29 is 39.5 Å².